The lowest BCUT2D eigenvalue weighted by Gasteiger charge is -2.21. The van der Waals surface area contributed by atoms with Crippen molar-refractivity contribution in [2.24, 2.45) is 0 Å². The van der Waals surface area contributed by atoms with Crippen molar-refractivity contribution in [1.82, 2.24) is 10.3 Å². The van der Waals surface area contributed by atoms with Crippen molar-refractivity contribution in [3.63, 3.8) is 0 Å². The fraction of sp³-hybridized carbons (Fsp3) is 0.615. The maximum absolute atomic E-state index is 12.8. The first-order valence-electron chi connectivity index (χ1n) is 6.04. The second kappa shape index (κ2) is 6.59. The maximum Gasteiger partial charge on any atom is 0.141 e. The van der Waals surface area contributed by atoms with E-state index in [1.54, 1.807) is 6.07 Å². The molecule has 0 saturated heterocycles. The lowest BCUT2D eigenvalue weighted by atomic mass is 10.1. The van der Waals surface area contributed by atoms with E-state index in [-0.39, 0.29) is 11.9 Å². The molecule has 0 radical (unpaired) electrons. The van der Waals surface area contributed by atoms with Crippen molar-refractivity contribution in [2.75, 3.05) is 0 Å². The van der Waals surface area contributed by atoms with Gasteiger partial charge in [-0.25, -0.2) is 4.39 Å². The van der Waals surface area contributed by atoms with Gasteiger partial charge in [0.05, 0.1) is 11.9 Å². The molecule has 1 heterocycles. The summed E-state index contributed by atoms with van der Waals surface area (Å²) in [6.45, 7) is 6.46. The third-order valence-electron chi connectivity index (χ3n) is 2.72. The van der Waals surface area contributed by atoms with Gasteiger partial charge in [-0.1, -0.05) is 20.3 Å². The zero-order chi connectivity index (χ0) is 12.0. The number of halogens is 1. The van der Waals surface area contributed by atoms with Crippen molar-refractivity contribution in [3.8, 4) is 0 Å². The summed E-state index contributed by atoms with van der Waals surface area (Å²) in [4.78, 5) is 4.13. The molecular formula is C13H21FN2. The molecule has 2 unspecified atom stereocenters. The summed E-state index contributed by atoms with van der Waals surface area (Å²) in [5.74, 6) is -0.278. The Balaban J connectivity index is 2.63. The molecule has 1 aromatic heterocycles. The minimum absolute atomic E-state index is 0.224. The summed E-state index contributed by atoms with van der Waals surface area (Å²) in [6, 6.07) is 3.93. The van der Waals surface area contributed by atoms with Crippen LogP contribution in [0.25, 0.3) is 0 Å². The smallest absolute Gasteiger partial charge is 0.141 e. The number of hydrogen-bond donors (Lipinski definition) is 1. The van der Waals surface area contributed by atoms with Crippen molar-refractivity contribution >= 4 is 0 Å². The third-order valence-corrected chi connectivity index (χ3v) is 2.72. The summed E-state index contributed by atoms with van der Waals surface area (Å²) >= 11 is 0. The van der Waals surface area contributed by atoms with E-state index in [1.807, 2.05) is 0 Å². The van der Waals surface area contributed by atoms with Crippen LogP contribution in [0.2, 0.25) is 0 Å². The molecule has 0 saturated carbocycles. The molecule has 2 atom stereocenters. The summed E-state index contributed by atoms with van der Waals surface area (Å²) in [7, 11) is 0. The molecule has 0 aliphatic rings. The predicted molar refractivity (Wildman–Crippen MR) is 64.7 cm³/mol. The number of nitrogens with one attached hydrogen (secondary N) is 1. The Morgan fingerprint density at radius 3 is 2.62 bits per heavy atom. The Morgan fingerprint density at radius 2 is 2.12 bits per heavy atom. The van der Waals surface area contributed by atoms with Crippen LogP contribution in [0.15, 0.2) is 18.3 Å². The highest BCUT2D eigenvalue weighted by Gasteiger charge is 2.13. The third kappa shape index (κ3) is 3.89. The predicted octanol–water partition coefficient (Wildman–Crippen LogP) is 3.45. The van der Waals surface area contributed by atoms with Gasteiger partial charge in [0.2, 0.25) is 0 Å². The topological polar surface area (TPSA) is 24.9 Å². The fourth-order valence-corrected chi connectivity index (χ4v) is 1.87. The average molecular weight is 224 g/mol. The van der Waals surface area contributed by atoms with E-state index in [0.717, 1.165) is 18.5 Å². The van der Waals surface area contributed by atoms with Gasteiger partial charge in [-0.2, -0.15) is 0 Å². The Morgan fingerprint density at radius 1 is 1.38 bits per heavy atom. The zero-order valence-electron chi connectivity index (χ0n) is 10.3. The molecule has 1 rings (SSSR count). The van der Waals surface area contributed by atoms with Crippen molar-refractivity contribution in [3.05, 3.63) is 29.8 Å². The van der Waals surface area contributed by atoms with Crippen molar-refractivity contribution in [2.45, 2.75) is 52.1 Å². The Bertz CT molecular complexity index is 297. The highest BCUT2D eigenvalue weighted by Crippen LogP contribution is 2.15. The molecule has 0 spiro atoms. The molecule has 0 fully saturated rings. The first kappa shape index (κ1) is 13.1. The summed E-state index contributed by atoms with van der Waals surface area (Å²) in [6.07, 6.45) is 4.57. The van der Waals surface area contributed by atoms with Crippen molar-refractivity contribution in [1.29, 1.82) is 0 Å². The molecule has 0 bridgehead atoms. The van der Waals surface area contributed by atoms with E-state index in [1.165, 1.54) is 18.7 Å². The Labute approximate surface area is 97.3 Å². The maximum atomic E-state index is 12.8. The molecule has 0 aliphatic heterocycles. The molecule has 16 heavy (non-hydrogen) atoms. The highest BCUT2D eigenvalue weighted by atomic mass is 19.1. The molecular weight excluding hydrogens is 203 g/mol. The summed E-state index contributed by atoms with van der Waals surface area (Å²) < 4.78 is 12.8. The average Bonchev–Trinajstić information content (AvgIpc) is 2.27. The van der Waals surface area contributed by atoms with Gasteiger partial charge < -0.3 is 5.32 Å². The number of rotatable bonds is 6. The fourth-order valence-electron chi connectivity index (χ4n) is 1.87. The van der Waals surface area contributed by atoms with Gasteiger partial charge in [0, 0.05) is 12.1 Å². The molecule has 1 aromatic rings. The van der Waals surface area contributed by atoms with Crippen LogP contribution in [0.5, 0.6) is 0 Å². The summed E-state index contributed by atoms with van der Waals surface area (Å²) in [5.41, 5.74) is 0.923. The van der Waals surface area contributed by atoms with Gasteiger partial charge in [0.1, 0.15) is 5.82 Å². The molecule has 1 N–H and O–H groups in total. The van der Waals surface area contributed by atoms with Gasteiger partial charge >= 0.3 is 0 Å². The number of nitrogens with zero attached hydrogens (tertiary/aromatic N) is 1. The van der Waals surface area contributed by atoms with Crippen LogP contribution < -0.4 is 5.32 Å². The van der Waals surface area contributed by atoms with E-state index in [0.29, 0.717) is 6.04 Å². The van der Waals surface area contributed by atoms with Crippen LogP contribution in [0.4, 0.5) is 4.39 Å². The molecule has 3 heteroatoms. The lowest BCUT2D eigenvalue weighted by molar-refractivity contribution is 0.417. The van der Waals surface area contributed by atoms with E-state index >= 15 is 0 Å². The highest BCUT2D eigenvalue weighted by molar-refractivity contribution is 5.09. The molecule has 2 nitrogen and oxygen atoms in total. The van der Waals surface area contributed by atoms with Crippen LogP contribution in [0.1, 0.15) is 51.8 Å². The Hall–Kier alpha value is -0.960. The molecule has 90 valence electrons. The van der Waals surface area contributed by atoms with Gasteiger partial charge in [-0.15, -0.1) is 0 Å². The van der Waals surface area contributed by atoms with E-state index in [4.69, 9.17) is 0 Å². The standard InChI is InChI=1S/C13H21FN2/c1-4-6-10(3)16-12(5-2)13-8-7-11(14)9-15-13/h7-10,12,16H,4-6H2,1-3H3. The first-order valence-corrected chi connectivity index (χ1v) is 6.04. The minimum Gasteiger partial charge on any atom is -0.306 e. The second-order valence-electron chi connectivity index (χ2n) is 4.22. The monoisotopic (exact) mass is 224 g/mol. The van der Waals surface area contributed by atoms with Gasteiger partial charge in [0.25, 0.3) is 0 Å². The van der Waals surface area contributed by atoms with Gasteiger partial charge in [-0.05, 0) is 31.9 Å². The van der Waals surface area contributed by atoms with Crippen LogP contribution in [-0.4, -0.2) is 11.0 Å². The van der Waals surface area contributed by atoms with Crippen LogP contribution in [0.3, 0.4) is 0 Å². The van der Waals surface area contributed by atoms with Crippen LogP contribution in [0, 0.1) is 5.82 Å². The largest absolute Gasteiger partial charge is 0.306 e. The number of pyridine rings is 1. The Kier molecular flexibility index (Phi) is 5.39. The van der Waals surface area contributed by atoms with Crippen molar-refractivity contribution < 1.29 is 4.39 Å². The number of aromatic nitrogens is 1. The summed E-state index contributed by atoms with van der Waals surface area (Å²) in [5, 5.41) is 3.52. The minimum atomic E-state index is -0.278. The number of hydrogen-bond acceptors (Lipinski definition) is 2. The van der Waals surface area contributed by atoms with Crippen LogP contribution in [-0.2, 0) is 0 Å². The molecule has 0 aromatic carbocycles. The lowest BCUT2D eigenvalue weighted by Crippen LogP contribution is -2.30. The van der Waals surface area contributed by atoms with E-state index in [2.05, 4.69) is 31.1 Å². The molecule has 0 aliphatic carbocycles. The van der Waals surface area contributed by atoms with Crippen LogP contribution >= 0.6 is 0 Å². The van der Waals surface area contributed by atoms with Gasteiger partial charge in [-0.3, -0.25) is 4.98 Å². The van der Waals surface area contributed by atoms with E-state index in [9.17, 15) is 4.39 Å². The zero-order valence-corrected chi connectivity index (χ0v) is 10.3. The quantitative estimate of drug-likeness (QED) is 0.800. The molecule has 0 amide bonds. The first-order chi connectivity index (χ1) is 7.67. The van der Waals surface area contributed by atoms with E-state index < -0.39 is 0 Å². The SMILES string of the molecule is CCCC(C)NC(CC)c1ccc(F)cn1. The second-order valence-corrected chi connectivity index (χ2v) is 4.22. The van der Waals surface area contributed by atoms with Gasteiger partial charge in [0.15, 0.2) is 0 Å². The normalized spacial score (nSPS) is 14.8.